The average Bonchev–Trinajstić information content (AvgIpc) is 3.05. The largest absolute Gasteiger partial charge is 0.341 e. The normalized spacial score (nSPS) is 19.0. The Morgan fingerprint density at radius 2 is 2.20 bits per heavy atom. The molecule has 0 saturated carbocycles. The summed E-state index contributed by atoms with van der Waals surface area (Å²) in [5.41, 5.74) is 0.798. The van der Waals surface area contributed by atoms with Gasteiger partial charge in [0, 0.05) is 30.9 Å². The van der Waals surface area contributed by atoms with E-state index in [2.05, 4.69) is 37.6 Å². The van der Waals surface area contributed by atoms with E-state index in [9.17, 15) is 4.79 Å². The predicted molar refractivity (Wildman–Crippen MR) is 82.0 cm³/mol. The van der Waals surface area contributed by atoms with Gasteiger partial charge in [0.25, 0.3) is 5.91 Å². The molecule has 112 valence electrons. The van der Waals surface area contributed by atoms with Crippen LogP contribution in [0.2, 0.25) is 0 Å². The number of nitrogens with zero attached hydrogens (tertiary/aromatic N) is 2. The van der Waals surface area contributed by atoms with Crippen molar-refractivity contribution in [2.75, 3.05) is 13.1 Å². The fourth-order valence-electron chi connectivity index (χ4n) is 2.85. The number of nitrogens with one attached hydrogen (secondary N) is 1. The third kappa shape index (κ3) is 3.23. The van der Waals surface area contributed by atoms with E-state index < -0.39 is 0 Å². The van der Waals surface area contributed by atoms with Crippen molar-refractivity contribution in [3.05, 3.63) is 24.0 Å². The Morgan fingerprint density at radius 3 is 2.75 bits per heavy atom. The summed E-state index contributed by atoms with van der Waals surface area (Å²) in [7, 11) is 0. The second kappa shape index (κ2) is 6.44. The van der Waals surface area contributed by atoms with Crippen LogP contribution in [0.5, 0.6) is 0 Å². The first kappa shape index (κ1) is 15.1. The summed E-state index contributed by atoms with van der Waals surface area (Å²) in [6.07, 6.45) is 4.37. The standard InChI is InChI=1S/C16H27N3O/c1-12(2)18-10-6-8-15(18)16(20)19(13(3)4)11-14-7-5-9-17-14/h6,8,10,12-14,17H,5,7,9,11H2,1-4H3. The minimum Gasteiger partial charge on any atom is -0.341 e. The van der Waals surface area contributed by atoms with Crippen molar-refractivity contribution in [2.24, 2.45) is 0 Å². The zero-order valence-corrected chi connectivity index (χ0v) is 13.1. The van der Waals surface area contributed by atoms with Crippen LogP contribution in [0.3, 0.4) is 0 Å². The lowest BCUT2D eigenvalue weighted by atomic mass is 10.1. The van der Waals surface area contributed by atoms with E-state index in [0.717, 1.165) is 18.8 Å². The van der Waals surface area contributed by atoms with Crippen LogP contribution < -0.4 is 5.32 Å². The summed E-state index contributed by atoms with van der Waals surface area (Å²) in [5, 5.41) is 3.48. The van der Waals surface area contributed by atoms with Crippen molar-refractivity contribution in [1.29, 1.82) is 0 Å². The van der Waals surface area contributed by atoms with Crippen LogP contribution >= 0.6 is 0 Å². The van der Waals surface area contributed by atoms with E-state index in [1.165, 1.54) is 12.8 Å². The first-order chi connectivity index (χ1) is 9.50. The summed E-state index contributed by atoms with van der Waals surface area (Å²) in [6.45, 7) is 10.3. The number of hydrogen-bond acceptors (Lipinski definition) is 2. The van der Waals surface area contributed by atoms with E-state index in [1.807, 2.05) is 23.2 Å². The van der Waals surface area contributed by atoms with Gasteiger partial charge in [-0.15, -0.1) is 0 Å². The van der Waals surface area contributed by atoms with Gasteiger partial charge in [-0.1, -0.05) is 0 Å². The zero-order chi connectivity index (χ0) is 14.7. The molecule has 20 heavy (non-hydrogen) atoms. The summed E-state index contributed by atoms with van der Waals surface area (Å²) in [6, 6.07) is 4.87. The van der Waals surface area contributed by atoms with Gasteiger partial charge in [0.2, 0.25) is 0 Å². The molecule has 1 aliphatic heterocycles. The van der Waals surface area contributed by atoms with Gasteiger partial charge in [0.1, 0.15) is 5.69 Å². The summed E-state index contributed by atoms with van der Waals surface area (Å²) in [5.74, 6) is 0.146. The van der Waals surface area contributed by atoms with Crippen molar-refractivity contribution >= 4 is 5.91 Å². The maximum atomic E-state index is 12.8. The number of amides is 1. The molecule has 1 saturated heterocycles. The van der Waals surface area contributed by atoms with Crippen LogP contribution in [0.15, 0.2) is 18.3 Å². The highest BCUT2D eigenvalue weighted by Gasteiger charge is 2.26. The maximum Gasteiger partial charge on any atom is 0.270 e. The number of hydrogen-bond donors (Lipinski definition) is 1. The first-order valence-electron chi connectivity index (χ1n) is 7.72. The van der Waals surface area contributed by atoms with Crippen molar-refractivity contribution in [2.45, 2.75) is 58.7 Å². The molecule has 0 spiro atoms. The van der Waals surface area contributed by atoms with Crippen molar-refractivity contribution in [1.82, 2.24) is 14.8 Å². The molecule has 0 aromatic carbocycles. The van der Waals surface area contributed by atoms with Gasteiger partial charge < -0.3 is 14.8 Å². The summed E-state index contributed by atoms with van der Waals surface area (Å²) >= 11 is 0. The summed E-state index contributed by atoms with van der Waals surface area (Å²) in [4.78, 5) is 14.8. The maximum absolute atomic E-state index is 12.8. The number of carbonyl (C=O) groups is 1. The van der Waals surface area contributed by atoms with Gasteiger partial charge in [0.05, 0.1) is 0 Å². The van der Waals surface area contributed by atoms with E-state index in [0.29, 0.717) is 12.1 Å². The molecule has 0 bridgehead atoms. The Morgan fingerprint density at radius 1 is 1.45 bits per heavy atom. The molecule has 1 aromatic rings. The second-order valence-electron chi connectivity index (χ2n) is 6.24. The van der Waals surface area contributed by atoms with E-state index in [4.69, 9.17) is 0 Å². The fraction of sp³-hybridized carbons (Fsp3) is 0.688. The zero-order valence-electron chi connectivity index (χ0n) is 13.1. The van der Waals surface area contributed by atoms with Crippen LogP contribution in [0, 0.1) is 0 Å². The van der Waals surface area contributed by atoms with Crippen molar-refractivity contribution in [3.63, 3.8) is 0 Å². The van der Waals surface area contributed by atoms with Gasteiger partial charge >= 0.3 is 0 Å². The van der Waals surface area contributed by atoms with Crippen LogP contribution in [0.1, 0.15) is 57.1 Å². The highest BCUT2D eigenvalue weighted by atomic mass is 16.2. The molecule has 4 heteroatoms. The topological polar surface area (TPSA) is 37.3 Å². The van der Waals surface area contributed by atoms with E-state index >= 15 is 0 Å². The number of carbonyl (C=O) groups excluding carboxylic acids is 1. The lowest BCUT2D eigenvalue weighted by molar-refractivity contribution is 0.0676. The molecule has 2 rings (SSSR count). The molecule has 1 atom stereocenters. The minimum atomic E-state index is 0.146. The van der Waals surface area contributed by atoms with E-state index in [1.54, 1.807) is 0 Å². The SMILES string of the molecule is CC(C)N(CC1CCCN1)C(=O)c1cccn1C(C)C. The molecular formula is C16H27N3O. The fourth-order valence-corrected chi connectivity index (χ4v) is 2.85. The third-order valence-electron chi connectivity index (χ3n) is 4.02. The molecule has 0 radical (unpaired) electrons. The van der Waals surface area contributed by atoms with E-state index in [-0.39, 0.29) is 11.9 Å². The Labute approximate surface area is 122 Å². The quantitative estimate of drug-likeness (QED) is 0.898. The molecule has 1 fully saturated rings. The van der Waals surface area contributed by atoms with Crippen LogP contribution in [0.4, 0.5) is 0 Å². The Hall–Kier alpha value is -1.29. The van der Waals surface area contributed by atoms with Gasteiger partial charge in [0.15, 0.2) is 0 Å². The predicted octanol–water partition coefficient (Wildman–Crippen LogP) is 2.67. The highest BCUT2D eigenvalue weighted by Crippen LogP contribution is 2.16. The monoisotopic (exact) mass is 277 g/mol. The molecule has 2 heterocycles. The Kier molecular flexibility index (Phi) is 4.86. The lowest BCUT2D eigenvalue weighted by Gasteiger charge is -2.30. The van der Waals surface area contributed by atoms with Crippen LogP contribution in [-0.4, -0.2) is 40.5 Å². The average molecular weight is 277 g/mol. The van der Waals surface area contributed by atoms with Gasteiger partial charge in [-0.25, -0.2) is 0 Å². The van der Waals surface area contributed by atoms with Crippen molar-refractivity contribution < 1.29 is 4.79 Å². The second-order valence-corrected chi connectivity index (χ2v) is 6.24. The number of rotatable bonds is 5. The van der Waals surface area contributed by atoms with Gasteiger partial charge in [-0.05, 0) is 59.2 Å². The molecule has 1 aromatic heterocycles. The molecule has 1 N–H and O–H groups in total. The molecule has 1 aliphatic rings. The molecule has 4 nitrogen and oxygen atoms in total. The smallest absolute Gasteiger partial charge is 0.270 e. The highest BCUT2D eigenvalue weighted by molar-refractivity contribution is 5.93. The molecular weight excluding hydrogens is 250 g/mol. The minimum absolute atomic E-state index is 0.146. The van der Waals surface area contributed by atoms with Crippen LogP contribution in [0.25, 0.3) is 0 Å². The summed E-state index contributed by atoms with van der Waals surface area (Å²) < 4.78 is 2.06. The molecule has 1 amide bonds. The lowest BCUT2D eigenvalue weighted by Crippen LogP contribution is -2.45. The van der Waals surface area contributed by atoms with Crippen molar-refractivity contribution in [3.8, 4) is 0 Å². The first-order valence-corrected chi connectivity index (χ1v) is 7.72. The molecule has 1 unspecified atom stereocenters. The van der Waals surface area contributed by atoms with Gasteiger partial charge in [-0.2, -0.15) is 0 Å². The number of aromatic nitrogens is 1. The van der Waals surface area contributed by atoms with Gasteiger partial charge in [-0.3, -0.25) is 4.79 Å². The van der Waals surface area contributed by atoms with Crippen LogP contribution in [-0.2, 0) is 0 Å². The third-order valence-corrected chi connectivity index (χ3v) is 4.02. The Bertz CT molecular complexity index is 444. The molecule has 0 aliphatic carbocycles. The Balaban J connectivity index is 2.15.